The monoisotopic (exact) mass is 459 g/mol. The number of carboxylic acid groups (broad SMARTS) is 1. The van der Waals surface area contributed by atoms with E-state index in [9.17, 15) is 28.2 Å². The second-order valence-electron chi connectivity index (χ2n) is 7.11. The van der Waals surface area contributed by atoms with Gasteiger partial charge in [0, 0.05) is 6.07 Å². The van der Waals surface area contributed by atoms with E-state index in [1.54, 1.807) is 0 Å². The topological polar surface area (TPSA) is 169 Å². The van der Waals surface area contributed by atoms with Crippen LogP contribution >= 0.6 is 0 Å². The van der Waals surface area contributed by atoms with Crippen LogP contribution in [0.5, 0.6) is 5.88 Å². The summed E-state index contributed by atoms with van der Waals surface area (Å²) < 4.78 is 55.1. The third-order valence-electron chi connectivity index (χ3n) is 4.93. The Labute approximate surface area is 177 Å². The van der Waals surface area contributed by atoms with Crippen molar-refractivity contribution in [3.63, 3.8) is 0 Å². The van der Waals surface area contributed by atoms with E-state index in [1.807, 2.05) is 0 Å². The number of halogens is 3. The molecule has 5 atom stereocenters. The molecule has 32 heavy (non-hydrogen) atoms. The Kier molecular flexibility index (Phi) is 5.58. The number of aromatic carboxylic acids is 1. The predicted octanol–water partition coefficient (Wildman–Crippen LogP) is -0.310. The molecule has 2 aromatic rings. The molecule has 2 aromatic heterocycles. The number of hydrogen-bond acceptors (Lipinski definition) is 11. The average Bonchev–Trinajstić information content (AvgIpc) is 3.16. The zero-order chi connectivity index (χ0) is 23.1. The fraction of sp³-hybridized carbons (Fsp3) is 0.471. The molecule has 0 spiro atoms. The number of aliphatic hydroxyl groups excluding tert-OH is 2. The van der Waals surface area contributed by atoms with Crippen molar-refractivity contribution in [2.45, 2.75) is 36.3 Å². The highest BCUT2D eigenvalue weighted by Gasteiger charge is 2.60. The Bertz CT molecular complexity index is 995. The number of ether oxygens (including phenoxy) is 3. The third-order valence-corrected chi connectivity index (χ3v) is 4.93. The number of carbonyl (C=O) groups is 1. The lowest BCUT2D eigenvalue weighted by atomic mass is 9.88. The van der Waals surface area contributed by atoms with Crippen LogP contribution in [0.1, 0.15) is 16.2 Å². The maximum absolute atomic E-state index is 12.8. The van der Waals surface area contributed by atoms with Gasteiger partial charge in [-0.25, -0.2) is 9.78 Å². The molecule has 2 aliphatic rings. The number of aliphatic hydroxyl groups is 2. The van der Waals surface area contributed by atoms with E-state index >= 15 is 0 Å². The number of aromatic nitrogens is 4. The van der Waals surface area contributed by atoms with E-state index in [1.165, 1.54) is 12.1 Å². The van der Waals surface area contributed by atoms with Crippen molar-refractivity contribution in [3.8, 4) is 5.88 Å². The number of anilines is 1. The second kappa shape index (κ2) is 8.09. The molecule has 2 fully saturated rings. The van der Waals surface area contributed by atoms with Gasteiger partial charge in [-0.3, -0.25) is 4.98 Å². The summed E-state index contributed by atoms with van der Waals surface area (Å²) in [5.74, 6) is -1.63. The molecule has 4 heterocycles. The zero-order valence-corrected chi connectivity index (χ0v) is 15.9. The molecule has 4 N–H and O–H groups in total. The van der Waals surface area contributed by atoms with E-state index in [0.717, 1.165) is 6.20 Å². The van der Waals surface area contributed by atoms with Crippen LogP contribution < -0.4 is 10.1 Å². The summed E-state index contributed by atoms with van der Waals surface area (Å²) in [6, 6.07) is 1.26. The highest BCUT2D eigenvalue weighted by Crippen LogP contribution is 2.38. The number of nitrogens with zero attached hydrogens (tertiary/aromatic N) is 4. The van der Waals surface area contributed by atoms with Gasteiger partial charge < -0.3 is 34.8 Å². The molecule has 0 aromatic carbocycles. The minimum Gasteiger partial charge on any atom is -0.476 e. The molecule has 2 aliphatic heterocycles. The van der Waals surface area contributed by atoms with Crippen LogP contribution in [0.4, 0.5) is 19.0 Å². The zero-order valence-electron chi connectivity index (χ0n) is 15.9. The summed E-state index contributed by atoms with van der Waals surface area (Å²) in [7, 11) is 0. The molecule has 12 nitrogen and oxygen atoms in total. The van der Waals surface area contributed by atoms with Crippen molar-refractivity contribution in [2.24, 2.45) is 0 Å². The maximum Gasteiger partial charge on any atom is 0.434 e. The standard InChI is InChI=1S/C17H16F3N5O7/c18-17(19,20)8-3-21-4-9(22-8)23-11-12(26)13(27)16(6-31-15(11)32-16)5-30-10-2-1-7(14(28)29)24-25-10/h1-4,11-13,15,26-27H,5-6H2,(H,22,23)(H,28,29)/t11-,12-,13-,15+,16+/m1/s1. The van der Waals surface area contributed by atoms with Gasteiger partial charge in [-0.2, -0.15) is 13.2 Å². The number of rotatable bonds is 6. The van der Waals surface area contributed by atoms with Crippen molar-refractivity contribution in [1.29, 1.82) is 0 Å². The van der Waals surface area contributed by atoms with Crippen LogP contribution in [0.25, 0.3) is 0 Å². The summed E-state index contributed by atoms with van der Waals surface area (Å²) in [5, 5.41) is 39.7. The largest absolute Gasteiger partial charge is 0.476 e. The normalized spacial score (nSPS) is 29.5. The number of fused-ring (bicyclic) bond motifs is 2. The second-order valence-corrected chi connectivity index (χ2v) is 7.11. The first-order chi connectivity index (χ1) is 15.1. The first-order valence-corrected chi connectivity index (χ1v) is 9.10. The van der Waals surface area contributed by atoms with Crippen LogP contribution in [0, 0.1) is 0 Å². The van der Waals surface area contributed by atoms with Crippen LogP contribution in [0.15, 0.2) is 24.5 Å². The van der Waals surface area contributed by atoms with Crippen LogP contribution in [0.2, 0.25) is 0 Å². The van der Waals surface area contributed by atoms with Gasteiger partial charge in [-0.1, -0.05) is 0 Å². The molecule has 0 radical (unpaired) electrons. The van der Waals surface area contributed by atoms with E-state index < -0.39 is 48.0 Å². The van der Waals surface area contributed by atoms with Gasteiger partial charge in [0.15, 0.2) is 23.3 Å². The number of nitrogens with one attached hydrogen (secondary N) is 1. The van der Waals surface area contributed by atoms with Crippen molar-refractivity contribution < 1.29 is 47.5 Å². The Hall–Kier alpha value is -3.14. The fourth-order valence-corrected chi connectivity index (χ4v) is 3.29. The van der Waals surface area contributed by atoms with Crippen molar-refractivity contribution in [2.75, 3.05) is 18.5 Å². The molecule has 172 valence electrons. The summed E-state index contributed by atoms with van der Waals surface area (Å²) in [4.78, 5) is 17.7. The number of carboxylic acids is 1. The van der Waals surface area contributed by atoms with Gasteiger partial charge in [0.25, 0.3) is 0 Å². The van der Waals surface area contributed by atoms with Gasteiger partial charge >= 0.3 is 12.1 Å². The quantitative estimate of drug-likeness (QED) is 0.445. The molecule has 0 amide bonds. The third kappa shape index (κ3) is 4.14. The lowest BCUT2D eigenvalue weighted by molar-refractivity contribution is -0.222. The summed E-state index contributed by atoms with van der Waals surface area (Å²) in [5.41, 5.74) is -3.04. The molecule has 2 bridgehead atoms. The van der Waals surface area contributed by atoms with Gasteiger partial charge in [0.2, 0.25) is 5.88 Å². The van der Waals surface area contributed by atoms with Gasteiger partial charge in [0.1, 0.15) is 30.7 Å². The average molecular weight is 459 g/mol. The van der Waals surface area contributed by atoms with Crippen LogP contribution in [-0.4, -0.2) is 84.8 Å². The predicted molar refractivity (Wildman–Crippen MR) is 94.5 cm³/mol. The van der Waals surface area contributed by atoms with Gasteiger partial charge in [-0.05, 0) is 6.07 Å². The highest BCUT2D eigenvalue weighted by atomic mass is 19.4. The molecule has 0 unspecified atom stereocenters. The molecule has 2 saturated heterocycles. The number of alkyl halides is 3. The summed E-state index contributed by atoms with van der Waals surface area (Å²) >= 11 is 0. The van der Waals surface area contributed by atoms with Crippen LogP contribution in [0.3, 0.4) is 0 Å². The first-order valence-electron chi connectivity index (χ1n) is 9.10. The van der Waals surface area contributed by atoms with Crippen molar-refractivity contribution in [1.82, 2.24) is 20.2 Å². The van der Waals surface area contributed by atoms with Gasteiger partial charge in [0.05, 0.1) is 19.0 Å². The summed E-state index contributed by atoms with van der Waals surface area (Å²) in [6.07, 6.45) is -7.38. The first kappa shape index (κ1) is 22.1. The lowest BCUT2D eigenvalue weighted by Gasteiger charge is -2.42. The Morgan fingerprint density at radius 2 is 2.06 bits per heavy atom. The fourth-order valence-electron chi connectivity index (χ4n) is 3.29. The molecular weight excluding hydrogens is 443 g/mol. The molecular formula is C17H16F3N5O7. The van der Waals surface area contributed by atoms with E-state index in [2.05, 4.69) is 25.5 Å². The van der Waals surface area contributed by atoms with E-state index in [4.69, 9.17) is 19.3 Å². The Balaban J connectivity index is 1.45. The smallest absolute Gasteiger partial charge is 0.434 e. The SMILES string of the molecule is O=C(O)c1ccc(OC[C@@]23CO[C@@H](O2)[C@H](Nc2cncc(C(F)(F)F)n2)[C@@H](O)[C@H]3O)nn1. The minimum atomic E-state index is -4.71. The Morgan fingerprint density at radius 1 is 1.28 bits per heavy atom. The van der Waals surface area contributed by atoms with E-state index in [-0.39, 0.29) is 30.6 Å². The molecule has 0 aliphatic carbocycles. The van der Waals surface area contributed by atoms with E-state index in [0.29, 0.717) is 6.20 Å². The van der Waals surface area contributed by atoms with Gasteiger partial charge in [-0.15, -0.1) is 10.2 Å². The molecule has 15 heteroatoms. The van der Waals surface area contributed by atoms with Crippen molar-refractivity contribution in [3.05, 3.63) is 35.9 Å². The molecule has 0 saturated carbocycles. The molecule has 4 rings (SSSR count). The number of hydrogen-bond donors (Lipinski definition) is 4. The maximum atomic E-state index is 12.8. The van der Waals surface area contributed by atoms with Crippen molar-refractivity contribution >= 4 is 11.8 Å². The minimum absolute atomic E-state index is 0.0578. The lowest BCUT2D eigenvalue weighted by Crippen LogP contribution is -2.64. The highest BCUT2D eigenvalue weighted by molar-refractivity contribution is 5.84. The Morgan fingerprint density at radius 3 is 2.72 bits per heavy atom. The van der Waals surface area contributed by atoms with Crippen LogP contribution in [-0.2, 0) is 15.7 Å². The summed E-state index contributed by atoms with van der Waals surface area (Å²) in [6.45, 7) is -0.540.